The molecule has 0 amide bonds. The maximum absolute atomic E-state index is 10.4. The number of rotatable bonds is 5. The van der Waals surface area contributed by atoms with Gasteiger partial charge in [-0.2, -0.15) is 0 Å². The van der Waals surface area contributed by atoms with E-state index in [1.54, 1.807) is 13.0 Å². The van der Waals surface area contributed by atoms with Crippen LogP contribution in [0, 0.1) is 0 Å². The van der Waals surface area contributed by atoms with Gasteiger partial charge >= 0.3 is 29.6 Å². The second kappa shape index (κ2) is 14.2. The molecule has 0 saturated heterocycles. The fraction of sp³-hybridized carbons (Fsp3) is 0.667. The van der Waals surface area contributed by atoms with Crippen LogP contribution in [0.25, 0.3) is 0 Å². The second-order valence-electron chi connectivity index (χ2n) is 2.51. The van der Waals surface area contributed by atoms with Crippen molar-refractivity contribution in [3.05, 3.63) is 12.2 Å². The van der Waals surface area contributed by atoms with Crippen molar-refractivity contribution in [1.29, 1.82) is 0 Å². The zero-order valence-electron chi connectivity index (χ0n) is 8.27. The van der Waals surface area contributed by atoms with E-state index in [1.165, 1.54) is 19.3 Å². The standard InChI is InChI=1S/C9H16O.ClH.Na/c1-3-4-5-6-7-8-9(2)10;;/h7-8H,3-6H2,1-2H3;1H;/q;;+1/p-1. The van der Waals surface area contributed by atoms with Crippen molar-refractivity contribution in [3.8, 4) is 0 Å². The average Bonchev–Trinajstić information content (AvgIpc) is 1.87. The molecule has 0 rings (SSSR count). The van der Waals surface area contributed by atoms with E-state index in [0.29, 0.717) is 0 Å². The van der Waals surface area contributed by atoms with Crippen LogP contribution >= 0.6 is 0 Å². The molecule has 0 atom stereocenters. The van der Waals surface area contributed by atoms with E-state index in [9.17, 15) is 4.79 Å². The zero-order chi connectivity index (χ0) is 7.82. The first-order chi connectivity index (χ1) is 4.77. The molecule has 0 N–H and O–H groups in total. The summed E-state index contributed by atoms with van der Waals surface area (Å²) in [6, 6.07) is 0. The number of unbranched alkanes of at least 4 members (excludes halogenated alkanes) is 3. The van der Waals surface area contributed by atoms with E-state index in [0.717, 1.165) is 6.42 Å². The van der Waals surface area contributed by atoms with Crippen LogP contribution < -0.4 is 42.0 Å². The van der Waals surface area contributed by atoms with Crippen molar-refractivity contribution in [2.75, 3.05) is 0 Å². The largest absolute Gasteiger partial charge is 1.00 e. The maximum Gasteiger partial charge on any atom is 1.00 e. The Bertz CT molecular complexity index is 124. The molecule has 0 saturated carbocycles. The summed E-state index contributed by atoms with van der Waals surface area (Å²) in [5.41, 5.74) is 0. The third-order valence-electron chi connectivity index (χ3n) is 1.33. The van der Waals surface area contributed by atoms with Crippen molar-refractivity contribution in [2.24, 2.45) is 0 Å². The van der Waals surface area contributed by atoms with Gasteiger partial charge in [0.25, 0.3) is 0 Å². The number of allylic oxidation sites excluding steroid dienone is 2. The number of hydrogen-bond donors (Lipinski definition) is 0. The Morgan fingerprint density at radius 3 is 2.33 bits per heavy atom. The summed E-state index contributed by atoms with van der Waals surface area (Å²) < 4.78 is 0. The molecule has 0 fully saturated rings. The van der Waals surface area contributed by atoms with Crippen molar-refractivity contribution < 1.29 is 46.8 Å². The molecule has 3 heteroatoms. The molecule has 0 spiro atoms. The molecule has 0 aliphatic carbocycles. The van der Waals surface area contributed by atoms with Gasteiger partial charge in [0.15, 0.2) is 5.78 Å². The van der Waals surface area contributed by atoms with E-state index < -0.39 is 0 Å². The predicted octanol–water partition coefficient (Wildman–Crippen LogP) is -3.28. The first-order valence-electron chi connectivity index (χ1n) is 3.94. The molecule has 0 aliphatic heterocycles. The van der Waals surface area contributed by atoms with Gasteiger partial charge in [0, 0.05) is 0 Å². The molecule has 0 aromatic rings. The van der Waals surface area contributed by atoms with E-state index >= 15 is 0 Å². The Morgan fingerprint density at radius 2 is 1.92 bits per heavy atom. The summed E-state index contributed by atoms with van der Waals surface area (Å²) in [6.07, 6.45) is 8.37. The van der Waals surface area contributed by atoms with Gasteiger partial charge in [-0.1, -0.05) is 25.8 Å². The van der Waals surface area contributed by atoms with Gasteiger partial charge in [0.05, 0.1) is 0 Å². The Kier molecular flexibility index (Phi) is 21.9. The van der Waals surface area contributed by atoms with Gasteiger partial charge in [-0.15, -0.1) is 0 Å². The van der Waals surface area contributed by atoms with Gasteiger partial charge in [-0.25, -0.2) is 0 Å². The first kappa shape index (κ1) is 18.5. The number of carbonyl (C=O) groups excluding carboxylic acids is 1. The summed E-state index contributed by atoms with van der Waals surface area (Å²) in [6.45, 7) is 3.75. The third-order valence-corrected chi connectivity index (χ3v) is 1.33. The number of halogens is 1. The fourth-order valence-electron chi connectivity index (χ4n) is 0.761. The Hall–Kier alpha value is 0.700. The first-order valence-corrected chi connectivity index (χ1v) is 3.94. The van der Waals surface area contributed by atoms with Crippen molar-refractivity contribution in [1.82, 2.24) is 0 Å². The van der Waals surface area contributed by atoms with Crippen LogP contribution in [0.2, 0.25) is 0 Å². The molecule has 0 aliphatic rings. The van der Waals surface area contributed by atoms with Crippen LogP contribution in [0.4, 0.5) is 0 Å². The van der Waals surface area contributed by atoms with Crippen LogP contribution in [0.1, 0.15) is 39.5 Å². The molecule has 0 unspecified atom stereocenters. The van der Waals surface area contributed by atoms with Gasteiger partial charge in [0.1, 0.15) is 0 Å². The van der Waals surface area contributed by atoms with E-state index in [1.807, 2.05) is 6.08 Å². The van der Waals surface area contributed by atoms with Crippen molar-refractivity contribution >= 4 is 5.78 Å². The maximum atomic E-state index is 10.4. The van der Waals surface area contributed by atoms with Crippen molar-refractivity contribution in [3.63, 3.8) is 0 Å². The molecule has 0 aromatic heterocycles. The molecular weight excluding hydrogens is 183 g/mol. The quantitative estimate of drug-likeness (QED) is 0.257. The monoisotopic (exact) mass is 198 g/mol. The fourth-order valence-corrected chi connectivity index (χ4v) is 0.761. The smallest absolute Gasteiger partial charge is 1.00 e. The van der Waals surface area contributed by atoms with Crippen LogP contribution in [0.3, 0.4) is 0 Å². The van der Waals surface area contributed by atoms with Crippen LogP contribution in [0.5, 0.6) is 0 Å². The van der Waals surface area contributed by atoms with E-state index in [4.69, 9.17) is 0 Å². The third kappa shape index (κ3) is 17.0. The molecule has 12 heavy (non-hydrogen) atoms. The van der Waals surface area contributed by atoms with E-state index in [-0.39, 0.29) is 47.7 Å². The van der Waals surface area contributed by atoms with Gasteiger partial charge in [0.2, 0.25) is 0 Å². The molecule has 1 nitrogen and oxygen atoms in total. The normalized spacial score (nSPS) is 8.83. The number of hydrogen-bond acceptors (Lipinski definition) is 1. The molecule has 0 heterocycles. The summed E-state index contributed by atoms with van der Waals surface area (Å²) >= 11 is 0. The Balaban J connectivity index is -0.000000405. The van der Waals surface area contributed by atoms with E-state index in [2.05, 4.69) is 6.92 Å². The minimum Gasteiger partial charge on any atom is -1.00 e. The topological polar surface area (TPSA) is 17.1 Å². The minimum absolute atomic E-state index is 0. The average molecular weight is 199 g/mol. The molecule has 0 bridgehead atoms. The molecular formula is C9H16ClNaO. The SMILES string of the molecule is CCCCCC=CC(C)=O.[Cl-].[Na+]. The van der Waals surface area contributed by atoms with Crippen molar-refractivity contribution in [2.45, 2.75) is 39.5 Å². The molecule has 0 aromatic carbocycles. The Labute approximate surface area is 104 Å². The molecule has 66 valence electrons. The summed E-state index contributed by atoms with van der Waals surface area (Å²) in [7, 11) is 0. The van der Waals surface area contributed by atoms with Crippen LogP contribution in [-0.4, -0.2) is 5.78 Å². The van der Waals surface area contributed by atoms with Gasteiger partial charge in [-0.05, 0) is 25.8 Å². The summed E-state index contributed by atoms with van der Waals surface area (Å²) in [5.74, 6) is 0.150. The number of ketones is 1. The second-order valence-corrected chi connectivity index (χ2v) is 2.51. The summed E-state index contributed by atoms with van der Waals surface area (Å²) in [4.78, 5) is 10.4. The zero-order valence-corrected chi connectivity index (χ0v) is 11.0. The summed E-state index contributed by atoms with van der Waals surface area (Å²) in [5, 5.41) is 0. The predicted molar refractivity (Wildman–Crippen MR) is 44.0 cm³/mol. The van der Waals surface area contributed by atoms with Crippen LogP contribution in [0.15, 0.2) is 12.2 Å². The molecule has 0 radical (unpaired) electrons. The van der Waals surface area contributed by atoms with Gasteiger partial charge in [-0.3, -0.25) is 4.79 Å². The van der Waals surface area contributed by atoms with Gasteiger partial charge < -0.3 is 12.4 Å². The van der Waals surface area contributed by atoms with Crippen LogP contribution in [-0.2, 0) is 4.79 Å². The Morgan fingerprint density at radius 1 is 1.33 bits per heavy atom. The number of carbonyl (C=O) groups is 1. The minimum atomic E-state index is 0.